The lowest BCUT2D eigenvalue weighted by molar-refractivity contribution is 0.520. The fourth-order valence-corrected chi connectivity index (χ4v) is 17.3. The Morgan fingerprint density at radius 1 is 0.368 bits per heavy atom. The predicted molar refractivity (Wildman–Crippen MR) is 376 cm³/mol. The molecule has 0 amide bonds. The number of hydrogen-bond donors (Lipinski definition) is 0. The quantitative estimate of drug-likeness (QED) is 0.159. The molecule has 10 aromatic carbocycles. The summed E-state index contributed by atoms with van der Waals surface area (Å²) in [6.07, 6.45) is 0. The molecule has 0 radical (unpaired) electrons. The number of rotatable bonds is 5. The minimum Gasteiger partial charge on any atom is -0.311 e. The SMILES string of the molecule is Cc1cc2c3c(c1)N(c1cccc4c1sc1ccccc14)c1cc4c(cc1B3c1cc(N(c3ccc(C(C)(C)C)cc3)c3ccc(C(C)(C)C)cc3)ccc1N2c1cc2c(cc1C)C(C)(C)c1ccccc1C2(C)C)C(C)(C)c1ccccc1C4(C)C. The third-order valence-corrected chi connectivity index (χ3v) is 22.2. The number of hydrogen-bond acceptors (Lipinski definition) is 4. The number of thiophene rings is 1. The van der Waals surface area contributed by atoms with Gasteiger partial charge in [-0.25, -0.2) is 0 Å². The second-order valence-corrected chi connectivity index (χ2v) is 31.0. The van der Waals surface area contributed by atoms with Crippen molar-refractivity contribution in [3.05, 3.63) is 261 Å². The van der Waals surface area contributed by atoms with E-state index in [1.54, 1.807) is 0 Å². The summed E-state index contributed by atoms with van der Waals surface area (Å²) in [6.45, 7) is 38.0. The van der Waals surface area contributed by atoms with E-state index >= 15 is 0 Å². The largest absolute Gasteiger partial charge is 0.311 e. The summed E-state index contributed by atoms with van der Waals surface area (Å²) in [6, 6.07) is 76.2. The van der Waals surface area contributed by atoms with Gasteiger partial charge in [0.1, 0.15) is 0 Å². The molecule has 15 rings (SSSR count). The van der Waals surface area contributed by atoms with Crippen molar-refractivity contribution in [1.29, 1.82) is 0 Å². The van der Waals surface area contributed by atoms with Crippen molar-refractivity contribution >= 4 is 106 Å². The standard InChI is InChI=1S/C82H80BN3S/c1-49-42-72-75-73(43-49)86(69-30-23-25-57-56-24-17-22-31-74(56)87-76(57)69)71-48-65-63(80(11,12)59-27-19-21-29-61(59)82(65,15)16)46-67(71)83(75)66-45-55(84(53-36-32-51(33-37-53)77(3,4)5)54-38-34-52(35-39-54)78(6,7)8)40-41-68(66)85(72)70-47-64-62(44-50(70)2)79(9,10)58-26-18-20-28-60(58)81(64,13)14/h17-48H,1-16H3. The molecule has 3 nitrogen and oxygen atoms in total. The topological polar surface area (TPSA) is 9.72 Å². The van der Waals surface area contributed by atoms with Gasteiger partial charge in [-0.2, -0.15) is 0 Å². The Kier molecular flexibility index (Phi) is 11.9. The minimum atomic E-state index is -0.275. The van der Waals surface area contributed by atoms with Crippen LogP contribution in [0.25, 0.3) is 20.2 Å². The minimum absolute atomic E-state index is 0.00935. The highest BCUT2D eigenvalue weighted by molar-refractivity contribution is 7.26. The van der Waals surface area contributed by atoms with Crippen LogP contribution in [-0.4, -0.2) is 6.71 Å². The lowest BCUT2D eigenvalue weighted by atomic mass is 9.33. The average Bonchev–Trinajstić information content (AvgIpc) is 0.728. The highest BCUT2D eigenvalue weighted by atomic mass is 32.1. The Morgan fingerprint density at radius 3 is 1.33 bits per heavy atom. The lowest BCUT2D eigenvalue weighted by Crippen LogP contribution is -2.62. The molecule has 0 unspecified atom stereocenters. The van der Waals surface area contributed by atoms with Gasteiger partial charge in [0, 0.05) is 82.6 Å². The van der Waals surface area contributed by atoms with E-state index in [-0.39, 0.29) is 39.2 Å². The molecule has 2 aliphatic heterocycles. The molecule has 0 atom stereocenters. The van der Waals surface area contributed by atoms with E-state index in [0.717, 1.165) is 17.1 Å². The zero-order chi connectivity index (χ0) is 60.8. The van der Waals surface area contributed by atoms with E-state index in [9.17, 15) is 0 Å². The zero-order valence-corrected chi connectivity index (χ0v) is 54.6. The Morgan fingerprint density at radius 2 is 0.805 bits per heavy atom. The van der Waals surface area contributed by atoms with Crippen LogP contribution in [0.5, 0.6) is 0 Å². The average molecular weight is 1150 g/mol. The van der Waals surface area contributed by atoms with Crippen LogP contribution in [0.2, 0.25) is 0 Å². The Bertz CT molecular complexity index is 4630. The van der Waals surface area contributed by atoms with Crippen molar-refractivity contribution in [1.82, 2.24) is 0 Å². The van der Waals surface area contributed by atoms with Crippen molar-refractivity contribution in [2.45, 2.75) is 143 Å². The first kappa shape index (κ1) is 55.5. The summed E-state index contributed by atoms with van der Waals surface area (Å²) < 4.78 is 2.61. The van der Waals surface area contributed by atoms with E-state index in [0.29, 0.717) is 0 Å². The fraction of sp³-hybridized carbons (Fsp3) is 0.268. The van der Waals surface area contributed by atoms with Crippen LogP contribution in [0, 0.1) is 13.8 Å². The smallest absolute Gasteiger partial charge is 0.252 e. The van der Waals surface area contributed by atoms with Gasteiger partial charge in [0.15, 0.2) is 0 Å². The maximum atomic E-state index is 2.70. The van der Waals surface area contributed by atoms with Crippen LogP contribution in [0.4, 0.5) is 51.2 Å². The Hall–Kier alpha value is -8.12. The summed E-state index contributed by atoms with van der Waals surface area (Å²) in [5, 5.41) is 2.60. The molecular formula is C82H80BN3S. The van der Waals surface area contributed by atoms with Crippen molar-refractivity contribution in [3.63, 3.8) is 0 Å². The molecule has 3 heterocycles. The molecule has 5 heteroatoms. The van der Waals surface area contributed by atoms with Gasteiger partial charge in [0.25, 0.3) is 6.71 Å². The second kappa shape index (κ2) is 18.7. The Balaban J connectivity index is 1.06. The summed E-state index contributed by atoms with van der Waals surface area (Å²) in [4.78, 5) is 7.90. The summed E-state index contributed by atoms with van der Waals surface area (Å²) in [5.41, 5.74) is 30.1. The van der Waals surface area contributed by atoms with Crippen LogP contribution >= 0.6 is 11.3 Å². The predicted octanol–water partition coefficient (Wildman–Crippen LogP) is 20.7. The molecule has 0 saturated carbocycles. The van der Waals surface area contributed by atoms with Gasteiger partial charge < -0.3 is 14.7 Å². The lowest BCUT2D eigenvalue weighted by Gasteiger charge is -2.48. The first-order valence-corrected chi connectivity index (χ1v) is 32.4. The molecule has 1 aromatic heterocycles. The van der Waals surface area contributed by atoms with Crippen molar-refractivity contribution < 1.29 is 0 Å². The van der Waals surface area contributed by atoms with E-state index in [4.69, 9.17) is 0 Å². The highest BCUT2D eigenvalue weighted by Gasteiger charge is 2.49. The first-order valence-electron chi connectivity index (χ1n) is 31.6. The molecule has 2 aliphatic carbocycles. The van der Waals surface area contributed by atoms with Gasteiger partial charge in [-0.1, -0.05) is 212 Å². The number of fused-ring (bicyclic) bond motifs is 11. The molecule has 432 valence electrons. The van der Waals surface area contributed by atoms with Crippen LogP contribution in [0.1, 0.15) is 164 Å². The maximum absolute atomic E-state index is 2.70. The summed E-state index contributed by atoms with van der Waals surface area (Å²) in [7, 11) is 0. The van der Waals surface area contributed by atoms with Crippen LogP contribution in [0.15, 0.2) is 194 Å². The molecule has 0 N–H and O–H groups in total. The number of aryl methyl sites for hydroxylation is 2. The van der Waals surface area contributed by atoms with Gasteiger partial charge in [-0.15, -0.1) is 11.3 Å². The van der Waals surface area contributed by atoms with Crippen molar-refractivity contribution in [2.75, 3.05) is 14.7 Å². The van der Waals surface area contributed by atoms with Crippen LogP contribution in [-0.2, 0) is 32.5 Å². The first-order chi connectivity index (χ1) is 41.3. The highest BCUT2D eigenvalue weighted by Crippen LogP contribution is 2.57. The molecule has 0 bridgehead atoms. The molecule has 0 fully saturated rings. The number of anilines is 9. The third kappa shape index (κ3) is 8.06. The van der Waals surface area contributed by atoms with E-state index in [1.807, 2.05) is 11.3 Å². The zero-order valence-electron chi connectivity index (χ0n) is 53.8. The third-order valence-electron chi connectivity index (χ3n) is 21.0. The normalized spacial score (nSPS) is 16.3. The molecule has 4 aliphatic rings. The Labute approximate surface area is 521 Å². The number of nitrogens with zero attached hydrogens (tertiary/aromatic N) is 3. The molecular weight excluding hydrogens is 1070 g/mol. The van der Waals surface area contributed by atoms with E-state index in [2.05, 4.69) is 320 Å². The second-order valence-electron chi connectivity index (χ2n) is 30.0. The maximum Gasteiger partial charge on any atom is 0.252 e. The van der Waals surface area contributed by atoms with Crippen molar-refractivity contribution in [3.8, 4) is 0 Å². The molecule has 0 saturated heterocycles. The molecule has 87 heavy (non-hydrogen) atoms. The number of benzene rings is 10. The van der Waals surface area contributed by atoms with Crippen LogP contribution < -0.4 is 31.1 Å². The van der Waals surface area contributed by atoms with Gasteiger partial charge >= 0.3 is 0 Å². The summed E-state index contributed by atoms with van der Waals surface area (Å²) in [5.74, 6) is 0. The fourth-order valence-electron chi connectivity index (χ4n) is 16.1. The van der Waals surface area contributed by atoms with Gasteiger partial charge in [0.05, 0.1) is 10.4 Å². The molecule has 0 spiro atoms. The molecule has 11 aromatic rings. The monoisotopic (exact) mass is 1150 g/mol. The van der Waals surface area contributed by atoms with Gasteiger partial charge in [-0.05, 0) is 187 Å². The van der Waals surface area contributed by atoms with E-state index < -0.39 is 0 Å². The summed E-state index contributed by atoms with van der Waals surface area (Å²) >= 11 is 1.92. The van der Waals surface area contributed by atoms with Crippen molar-refractivity contribution in [2.24, 2.45) is 0 Å². The van der Waals surface area contributed by atoms with Crippen LogP contribution in [0.3, 0.4) is 0 Å². The van der Waals surface area contributed by atoms with Gasteiger partial charge in [0.2, 0.25) is 0 Å². The van der Waals surface area contributed by atoms with Gasteiger partial charge in [-0.3, -0.25) is 0 Å². The van der Waals surface area contributed by atoms with E-state index in [1.165, 1.54) is 137 Å².